The first-order chi connectivity index (χ1) is 19.9. The summed E-state index contributed by atoms with van der Waals surface area (Å²) in [5.74, 6) is 0. The Balaban J connectivity index is 0.000000168. The predicted octanol–water partition coefficient (Wildman–Crippen LogP) is 7.37. The number of aromatic nitrogens is 6. The van der Waals surface area contributed by atoms with Crippen molar-refractivity contribution in [2.75, 3.05) is 0 Å². The third-order valence-corrected chi connectivity index (χ3v) is 6.28. The molecule has 0 saturated carbocycles. The van der Waals surface area contributed by atoms with Crippen molar-refractivity contribution in [3.63, 3.8) is 0 Å². The molecule has 0 atom stereocenters. The topological polar surface area (TPSA) is 97.3 Å². The lowest BCUT2D eigenvalue weighted by Gasteiger charge is -2.08. The van der Waals surface area contributed by atoms with Crippen molar-refractivity contribution >= 4 is 33.4 Å². The van der Waals surface area contributed by atoms with Crippen LogP contribution < -0.4 is 5.56 Å². The number of hydrogen-bond donors (Lipinski definition) is 1. The molecule has 42 heavy (non-hydrogen) atoms. The fourth-order valence-electron chi connectivity index (χ4n) is 3.95. The van der Waals surface area contributed by atoms with E-state index in [9.17, 15) is 31.1 Å². The molecule has 0 aliphatic rings. The van der Waals surface area contributed by atoms with Crippen LogP contribution in [0.2, 0.25) is 5.15 Å². The van der Waals surface area contributed by atoms with Gasteiger partial charge in [0, 0.05) is 53.7 Å². The Morgan fingerprint density at radius 2 is 1.14 bits per heavy atom. The van der Waals surface area contributed by atoms with E-state index in [2.05, 4.69) is 29.9 Å². The molecule has 212 valence electrons. The molecule has 0 aliphatic carbocycles. The van der Waals surface area contributed by atoms with Gasteiger partial charge >= 0.3 is 12.4 Å². The Labute approximate surface area is 236 Å². The first-order valence-electron chi connectivity index (χ1n) is 11.9. The molecule has 0 radical (unpaired) electrons. The second kappa shape index (κ2) is 11.2. The molecular formula is C28H15ClF6N6O. The number of nitrogens with one attached hydrogen (secondary N) is 1. The highest BCUT2D eigenvalue weighted by atomic mass is 35.5. The van der Waals surface area contributed by atoms with Crippen molar-refractivity contribution in [2.45, 2.75) is 12.4 Å². The minimum atomic E-state index is -4.43. The first kappa shape index (κ1) is 28.6. The van der Waals surface area contributed by atoms with Crippen molar-refractivity contribution in [2.24, 2.45) is 0 Å². The van der Waals surface area contributed by atoms with Gasteiger partial charge in [-0.3, -0.25) is 24.7 Å². The zero-order chi connectivity index (χ0) is 30.1. The average molecular weight is 601 g/mol. The van der Waals surface area contributed by atoms with Crippen LogP contribution >= 0.6 is 11.6 Å². The van der Waals surface area contributed by atoms with E-state index < -0.39 is 23.5 Å². The lowest BCUT2D eigenvalue weighted by molar-refractivity contribution is -0.138. The highest BCUT2D eigenvalue weighted by molar-refractivity contribution is 6.34. The van der Waals surface area contributed by atoms with Crippen molar-refractivity contribution in [3.05, 3.63) is 112 Å². The lowest BCUT2D eigenvalue weighted by atomic mass is 10.1. The summed E-state index contributed by atoms with van der Waals surface area (Å²) in [4.78, 5) is 34.2. The van der Waals surface area contributed by atoms with E-state index in [4.69, 9.17) is 11.6 Å². The number of pyridine rings is 6. The average Bonchev–Trinajstić information content (AvgIpc) is 2.98. The van der Waals surface area contributed by atoms with Gasteiger partial charge in [0.25, 0.3) is 5.56 Å². The van der Waals surface area contributed by atoms with Gasteiger partial charge in [0.05, 0.1) is 38.9 Å². The molecule has 6 aromatic rings. The number of fused-ring (bicyclic) bond motifs is 2. The molecule has 0 spiro atoms. The van der Waals surface area contributed by atoms with Gasteiger partial charge in [-0.15, -0.1) is 0 Å². The summed E-state index contributed by atoms with van der Waals surface area (Å²) in [7, 11) is 0. The quantitative estimate of drug-likeness (QED) is 0.165. The number of nitrogens with zero attached hydrogens (tertiary/aromatic N) is 5. The van der Waals surface area contributed by atoms with E-state index in [-0.39, 0.29) is 10.7 Å². The summed E-state index contributed by atoms with van der Waals surface area (Å²) < 4.78 is 75.2. The normalized spacial score (nSPS) is 11.8. The highest BCUT2D eigenvalue weighted by Crippen LogP contribution is 2.33. The molecule has 0 aromatic carbocycles. The van der Waals surface area contributed by atoms with Gasteiger partial charge in [-0.05, 0) is 48.5 Å². The minimum Gasteiger partial charge on any atom is -0.328 e. The van der Waals surface area contributed by atoms with Crippen molar-refractivity contribution in [3.8, 4) is 22.5 Å². The second-order valence-corrected chi connectivity index (χ2v) is 9.01. The number of aromatic amines is 1. The fraction of sp³-hybridized carbons (Fsp3) is 0.0714. The summed E-state index contributed by atoms with van der Waals surface area (Å²) in [6, 6.07) is 11.1. The Hall–Kier alpha value is -4.91. The second-order valence-electron chi connectivity index (χ2n) is 8.65. The highest BCUT2D eigenvalue weighted by Gasteiger charge is 2.31. The van der Waals surface area contributed by atoms with Gasteiger partial charge in [0.1, 0.15) is 5.15 Å². The molecule has 14 heteroatoms. The van der Waals surface area contributed by atoms with Crippen LogP contribution in [0.3, 0.4) is 0 Å². The Bertz CT molecular complexity index is 1940. The molecule has 0 aliphatic heterocycles. The summed E-state index contributed by atoms with van der Waals surface area (Å²) in [6.45, 7) is 0. The van der Waals surface area contributed by atoms with E-state index in [1.165, 1.54) is 30.7 Å². The molecule has 0 unspecified atom stereocenters. The van der Waals surface area contributed by atoms with Crippen LogP contribution in [0.1, 0.15) is 11.1 Å². The van der Waals surface area contributed by atoms with Crippen LogP contribution in [0, 0.1) is 0 Å². The van der Waals surface area contributed by atoms with E-state index in [1.54, 1.807) is 30.5 Å². The Kier molecular flexibility index (Phi) is 7.61. The Morgan fingerprint density at radius 3 is 1.67 bits per heavy atom. The van der Waals surface area contributed by atoms with E-state index in [0.717, 1.165) is 24.5 Å². The van der Waals surface area contributed by atoms with Crippen molar-refractivity contribution < 1.29 is 26.3 Å². The summed E-state index contributed by atoms with van der Waals surface area (Å²) >= 11 is 5.98. The maximum atomic E-state index is 12.5. The van der Waals surface area contributed by atoms with E-state index >= 15 is 0 Å². The largest absolute Gasteiger partial charge is 0.417 e. The Morgan fingerprint density at radius 1 is 0.619 bits per heavy atom. The maximum absolute atomic E-state index is 12.5. The van der Waals surface area contributed by atoms with Crippen LogP contribution in [0.5, 0.6) is 0 Å². The number of rotatable bonds is 2. The van der Waals surface area contributed by atoms with E-state index in [1.807, 2.05) is 0 Å². The van der Waals surface area contributed by atoms with Crippen LogP contribution in [-0.2, 0) is 12.4 Å². The number of hydrogen-bond acceptors (Lipinski definition) is 6. The first-order valence-corrected chi connectivity index (χ1v) is 12.2. The van der Waals surface area contributed by atoms with Gasteiger partial charge in [-0.1, -0.05) is 11.6 Å². The number of halogens is 7. The third kappa shape index (κ3) is 5.91. The van der Waals surface area contributed by atoms with E-state index in [0.29, 0.717) is 44.3 Å². The smallest absolute Gasteiger partial charge is 0.328 e. The van der Waals surface area contributed by atoms with Gasteiger partial charge in [0.2, 0.25) is 0 Å². The fourth-order valence-corrected chi connectivity index (χ4v) is 4.15. The van der Waals surface area contributed by atoms with Crippen LogP contribution in [0.15, 0.2) is 90.5 Å². The summed E-state index contributed by atoms with van der Waals surface area (Å²) in [6.07, 6.45) is -1.36. The lowest BCUT2D eigenvalue weighted by Crippen LogP contribution is -2.08. The number of H-pyrrole nitrogens is 1. The van der Waals surface area contributed by atoms with Gasteiger partial charge in [-0.25, -0.2) is 4.98 Å². The standard InChI is InChI=1S/C14H7ClF3N3.C14H8F3N3O/c15-13-9-2-1-5-19-12(9)10(7-21-13)11-4-3-8(6-20-11)14(16,17)18;15-14(16,17)8-3-4-11(19-6-8)10-7-20-13(21)9-2-1-5-18-12(9)10/h1-7H;1-7H,(H,20,21). The molecule has 0 fully saturated rings. The van der Waals surface area contributed by atoms with Gasteiger partial charge < -0.3 is 4.98 Å². The van der Waals surface area contributed by atoms with Gasteiger partial charge in [0.15, 0.2) is 0 Å². The van der Waals surface area contributed by atoms with Crippen LogP contribution in [-0.4, -0.2) is 29.9 Å². The van der Waals surface area contributed by atoms with Crippen molar-refractivity contribution in [1.82, 2.24) is 29.9 Å². The molecule has 6 rings (SSSR count). The molecule has 1 N–H and O–H groups in total. The molecule has 0 bridgehead atoms. The summed E-state index contributed by atoms with van der Waals surface area (Å²) in [5, 5.41) is 1.27. The molecule has 0 saturated heterocycles. The van der Waals surface area contributed by atoms with Crippen molar-refractivity contribution in [1.29, 1.82) is 0 Å². The van der Waals surface area contributed by atoms with Crippen LogP contribution in [0.4, 0.5) is 26.3 Å². The molecular weight excluding hydrogens is 586 g/mol. The zero-order valence-electron chi connectivity index (χ0n) is 20.9. The van der Waals surface area contributed by atoms with Gasteiger partial charge in [-0.2, -0.15) is 26.3 Å². The predicted molar refractivity (Wildman–Crippen MR) is 143 cm³/mol. The third-order valence-electron chi connectivity index (χ3n) is 5.98. The molecule has 6 heterocycles. The molecule has 7 nitrogen and oxygen atoms in total. The SMILES string of the molecule is FC(F)(F)c1ccc(-c2cnc(Cl)c3cccnc23)nc1.O=c1[nH]cc(-c2ccc(C(F)(F)F)cn2)c2ncccc12. The summed E-state index contributed by atoms with van der Waals surface area (Å²) in [5.41, 5.74) is 0.673. The number of alkyl halides is 6. The monoisotopic (exact) mass is 600 g/mol. The zero-order valence-corrected chi connectivity index (χ0v) is 21.6. The molecule has 6 aromatic heterocycles. The molecule has 0 amide bonds. The van der Waals surface area contributed by atoms with Crippen LogP contribution in [0.25, 0.3) is 44.3 Å². The minimum absolute atomic E-state index is 0.286. The maximum Gasteiger partial charge on any atom is 0.417 e.